The highest BCUT2D eigenvalue weighted by atomic mass is 28.4. The van der Waals surface area contributed by atoms with Crippen molar-refractivity contribution >= 4 is 31.1 Å². The smallest absolute Gasteiger partial charge is 0.411 e. The van der Waals surface area contributed by atoms with E-state index in [9.17, 15) is 9.59 Å². The van der Waals surface area contributed by atoms with E-state index in [4.69, 9.17) is 9.16 Å². The van der Waals surface area contributed by atoms with Gasteiger partial charge in [0.05, 0.1) is 18.7 Å². The molecule has 2 aromatic rings. The summed E-state index contributed by atoms with van der Waals surface area (Å²) in [6.45, 7) is 12.6. The van der Waals surface area contributed by atoms with Crippen molar-refractivity contribution in [2.45, 2.75) is 77.1 Å². The third-order valence-corrected chi connectivity index (χ3v) is 11.2. The molecule has 1 amide bonds. The van der Waals surface area contributed by atoms with Crippen molar-refractivity contribution < 1.29 is 18.8 Å². The number of benzene rings is 2. The van der Waals surface area contributed by atoms with Crippen LogP contribution in [0.4, 0.5) is 4.79 Å². The fourth-order valence-electron chi connectivity index (χ4n) is 4.79. The van der Waals surface area contributed by atoms with Gasteiger partial charge in [0, 0.05) is 0 Å². The van der Waals surface area contributed by atoms with Crippen LogP contribution in [0.2, 0.25) is 5.04 Å². The van der Waals surface area contributed by atoms with E-state index in [1.165, 1.54) is 10.4 Å². The molecule has 1 aliphatic heterocycles. The maximum atomic E-state index is 13.0. The van der Waals surface area contributed by atoms with Gasteiger partial charge in [-0.25, -0.2) is 4.79 Å². The molecule has 0 aromatic heterocycles. The molecule has 0 unspecified atom stereocenters. The molecule has 0 aliphatic carbocycles. The molecule has 5 nitrogen and oxygen atoms in total. The number of carbonyl (C=O) groups excluding carboxylic acids is 2. The van der Waals surface area contributed by atoms with E-state index in [1.54, 1.807) is 4.90 Å². The lowest BCUT2D eigenvalue weighted by Crippen LogP contribution is -2.67. The van der Waals surface area contributed by atoms with Gasteiger partial charge in [0.25, 0.3) is 8.32 Å². The van der Waals surface area contributed by atoms with Gasteiger partial charge in [0.1, 0.15) is 11.9 Å². The van der Waals surface area contributed by atoms with Crippen molar-refractivity contribution in [2.75, 3.05) is 6.61 Å². The fourth-order valence-corrected chi connectivity index (χ4v) is 9.39. The van der Waals surface area contributed by atoms with E-state index in [0.717, 1.165) is 6.29 Å². The minimum Gasteiger partial charge on any atom is -0.444 e. The lowest BCUT2D eigenvalue weighted by Gasteiger charge is -2.44. The summed E-state index contributed by atoms with van der Waals surface area (Å²) in [5, 5.41) is 2.23. The molecule has 33 heavy (non-hydrogen) atoms. The molecule has 0 saturated carbocycles. The van der Waals surface area contributed by atoms with E-state index in [0.29, 0.717) is 19.4 Å². The van der Waals surface area contributed by atoms with Gasteiger partial charge >= 0.3 is 6.09 Å². The van der Waals surface area contributed by atoms with Gasteiger partial charge in [-0.1, -0.05) is 81.4 Å². The Hall–Kier alpha value is -2.44. The van der Waals surface area contributed by atoms with E-state index in [2.05, 4.69) is 69.3 Å². The van der Waals surface area contributed by atoms with E-state index < -0.39 is 26.1 Å². The van der Waals surface area contributed by atoms with Gasteiger partial charge in [-0.2, -0.15) is 0 Å². The molecule has 1 aliphatic rings. The first-order chi connectivity index (χ1) is 15.5. The van der Waals surface area contributed by atoms with Crippen molar-refractivity contribution in [1.82, 2.24) is 4.90 Å². The monoisotopic (exact) mass is 467 g/mol. The Morgan fingerprint density at radius 2 is 1.45 bits per heavy atom. The Morgan fingerprint density at radius 3 is 1.88 bits per heavy atom. The van der Waals surface area contributed by atoms with Crippen LogP contribution in [0.5, 0.6) is 0 Å². The zero-order valence-electron chi connectivity index (χ0n) is 20.7. The highest BCUT2D eigenvalue weighted by molar-refractivity contribution is 6.99. The van der Waals surface area contributed by atoms with Gasteiger partial charge in [-0.05, 0) is 49.0 Å². The van der Waals surface area contributed by atoms with E-state index >= 15 is 0 Å². The molecule has 0 spiro atoms. The zero-order chi connectivity index (χ0) is 24.3. The average molecular weight is 468 g/mol. The Bertz CT molecular complexity index is 895. The molecular formula is C27H37NO4Si. The average Bonchev–Trinajstić information content (AvgIpc) is 3.17. The molecule has 1 fully saturated rings. The summed E-state index contributed by atoms with van der Waals surface area (Å²) in [4.78, 5) is 26.4. The highest BCUT2D eigenvalue weighted by Crippen LogP contribution is 2.37. The number of hydrogen-bond acceptors (Lipinski definition) is 4. The number of carbonyl (C=O) groups is 2. The summed E-state index contributed by atoms with van der Waals surface area (Å²) in [6.07, 6.45) is 1.73. The minimum atomic E-state index is -2.73. The van der Waals surface area contributed by atoms with Crippen LogP contribution in [0.25, 0.3) is 0 Å². The summed E-state index contributed by atoms with van der Waals surface area (Å²) in [6, 6.07) is 20.2. The predicted octanol–water partition coefficient (Wildman–Crippen LogP) is 4.53. The van der Waals surface area contributed by atoms with Crippen LogP contribution >= 0.6 is 0 Å². The lowest BCUT2D eigenvalue weighted by atomic mass is 10.2. The van der Waals surface area contributed by atoms with Crippen molar-refractivity contribution in [3.8, 4) is 0 Å². The topological polar surface area (TPSA) is 55.8 Å². The number of rotatable bonds is 6. The van der Waals surface area contributed by atoms with Crippen LogP contribution in [0.1, 0.15) is 54.4 Å². The maximum absolute atomic E-state index is 13.0. The van der Waals surface area contributed by atoms with Crippen LogP contribution in [0.15, 0.2) is 60.7 Å². The first kappa shape index (κ1) is 25.2. The number of ether oxygens (including phenoxy) is 1. The molecule has 178 valence electrons. The summed E-state index contributed by atoms with van der Waals surface area (Å²) in [5.74, 6) is 0. The SMILES string of the molecule is CC(C)(C)OC(=O)N1[C@H](CO[Si](c2ccccc2)(c2ccccc2)C(C)(C)C)CC[C@H]1C=O. The molecule has 1 saturated heterocycles. The molecule has 0 radical (unpaired) electrons. The second kappa shape index (κ2) is 9.81. The van der Waals surface area contributed by atoms with Crippen LogP contribution in [-0.4, -0.2) is 49.9 Å². The second-order valence-electron chi connectivity index (χ2n) is 10.8. The normalized spacial score (nSPS) is 19.4. The maximum Gasteiger partial charge on any atom is 0.411 e. The first-order valence-electron chi connectivity index (χ1n) is 11.7. The molecule has 6 heteroatoms. The first-order valence-corrected chi connectivity index (χ1v) is 13.6. The van der Waals surface area contributed by atoms with Crippen molar-refractivity contribution in [2.24, 2.45) is 0 Å². The fraction of sp³-hybridized carbons (Fsp3) is 0.481. The van der Waals surface area contributed by atoms with Crippen LogP contribution in [0.3, 0.4) is 0 Å². The zero-order valence-corrected chi connectivity index (χ0v) is 21.7. The van der Waals surface area contributed by atoms with Crippen molar-refractivity contribution in [3.63, 3.8) is 0 Å². The number of hydrogen-bond donors (Lipinski definition) is 0. The van der Waals surface area contributed by atoms with Gasteiger partial charge in [-0.15, -0.1) is 0 Å². The van der Waals surface area contributed by atoms with E-state index in [1.807, 2.05) is 32.9 Å². The molecular weight excluding hydrogens is 430 g/mol. The largest absolute Gasteiger partial charge is 0.444 e. The van der Waals surface area contributed by atoms with Gasteiger partial charge in [-0.3, -0.25) is 4.90 Å². The van der Waals surface area contributed by atoms with Gasteiger partial charge in [0.15, 0.2) is 0 Å². The summed E-state index contributed by atoms with van der Waals surface area (Å²) < 4.78 is 12.7. The Kier molecular flexibility index (Phi) is 7.49. The van der Waals surface area contributed by atoms with E-state index in [-0.39, 0.29) is 11.1 Å². The number of amides is 1. The Labute approximate surface area is 199 Å². The predicted molar refractivity (Wildman–Crippen MR) is 135 cm³/mol. The van der Waals surface area contributed by atoms with Crippen molar-refractivity contribution in [1.29, 1.82) is 0 Å². The minimum absolute atomic E-state index is 0.158. The number of likely N-dealkylation sites (tertiary alicyclic amines) is 1. The van der Waals surface area contributed by atoms with Crippen LogP contribution in [-0.2, 0) is 14.0 Å². The molecule has 1 heterocycles. The van der Waals surface area contributed by atoms with Gasteiger partial charge in [0.2, 0.25) is 0 Å². The van der Waals surface area contributed by atoms with Crippen LogP contribution < -0.4 is 10.4 Å². The Morgan fingerprint density at radius 1 is 0.939 bits per heavy atom. The second-order valence-corrected chi connectivity index (χ2v) is 15.1. The quantitative estimate of drug-likeness (QED) is 0.463. The summed E-state index contributed by atoms with van der Waals surface area (Å²) in [5.41, 5.74) is -0.628. The third kappa shape index (κ3) is 5.39. The summed E-state index contributed by atoms with van der Waals surface area (Å²) in [7, 11) is -2.73. The Balaban J connectivity index is 1.99. The number of nitrogens with zero attached hydrogens (tertiary/aromatic N) is 1. The summed E-state index contributed by atoms with van der Waals surface area (Å²) >= 11 is 0. The third-order valence-electron chi connectivity index (χ3n) is 6.22. The molecule has 0 bridgehead atoms. The molecule has 2 aromatic carbocycles. The highest BCUT2D eigenvalue weighted by Gasteiger charge is 2.51. The molecule has 2 atom stereocenters. The lowest BCUT2D eigenvalue weighted by molar-refractivity contribution is -0.112. The molecule has 0 N–H and O–H groups in total. The molecule has 3 rings (SSSR count). The number of aldehydes is 1. The van der Waals surface area contributed by atoms with Gasteiger partial charge < -0.3 is 14.0 Å². The standard InChI is InChI=1S/C27H37NO4Si/c1-26(2,3)32-25(30)28-21(19-29)17-18-22(28)20-31-33(27(4,5)6,23-13-9-7-10-14-23)24-15-11-8-12-16-24/h7-16,19,21-22H,17-18,20H2,1-6H3/t21-,22-/m0/s1. The van der Waals surface area contributed by atoms with Crippen LogP contribution in [0, 0.1) is 0 Å². The van der Waals surface area contributed by atoms with Crippen molar-refractivity contribution in [3.05, 3.63) is 60.7 Å².